The van der Waals surface area contributed by atoms with Crippen LogP contribution in [0.3, 0.4) is 0 Å². The number of aromatic nitrogens is 2. The van der Waals surface area contributed by atoms with E-state index >= 15 is 0 Å². The molecule has 190 valence electrons. The summed E-state index contributed by atoms with van der Waals surface area (Å²) < 4.78 is 0. The minimum absolute atomic E-state index is 0.0181. The number of carbonyl (C=O) groups is 4. The highest BCUT2D eigenvalue weighted by Crippen LogP contribution is 2.31. The first-order valence-corrected chi connectivity index (χ1v) is 13.9. The van der Waals surface area contributed by atoms with Crippen molar-refractivity contribution in [2.45, 2.75) is 18.1 Å². The summed E-state index contributed by atoms with van der Waals surface area (Å²) in [5.74, 6) is -0.562. The zero-order valence-electron chi connectivity index (χ0n) is 20.0. The second-order valence-electron chi connectivity index (χ2n) is 8.97. The number of rotatable bonds is 5. The number of piperazine rings is 1. The molecule has 1 aromatic carbocycles. The predicted molar refractivity (Wildman–Crippen MR) is 138 cm³/mol. The number of hydrogen-bond acceptors (Lipinski definition) is 10. The van der Waals surface area contributed by atoms with E-state index in [0.717, 1.165) is 63.0 Å². The van der Waals surface area contributed by atoms with Crippen molar-refractivity contribution in [1.82, 2.24) is 30.2 Å². The number of nitrogens with zero attached hydrogens (tertiary/aromatic N) is 6. The van der Waals surface area contributed by atoms with Gasteiger partial charge in [-0.05, 0) is 35.4 Å². The molecule has 0 bridgehead atoms. The summed E-state index contributed by atoms with van der Waals surface area (Å²) >= 11 is 3.16. The number of thioether (sulfide) groups is 1. The maximum absolute atomic E-state index is 13.1. The Kier molecular flexibility index (Phi) is 6.05. The number of imide groups is 2. The zero-order chi connectivity index (χ0) is 25.7. The molecule has 1 N–H and O–H groups in total. The fraction of sp³-hybridized carbons (Fsp3) is 0.333. The molecule has 0 saturated carbocycles. The monoisotopic (exact) mass is 537 g/mol. The van der Waals surface area contributed by atoms with Gasteiger partial charge in [0.05, 0.1) is 23.1 Å². The molecule has 2 saturated heterocycles. The van der Waals surface area contributed by atoms with Gasteiger partial charge < -0.3 is 4.90 Å². The third kappa shape index (κ3) is 4.22. The van der Waals surface area contributed by atoms with Crippen LogP contribution in [0.15, 0.2) is 34.8 Å². The fourth-order valence-electron chi connectivity index (χ4n) is 4.87. The van der Waals surface area contributed by atoms with Crippen LogP contribution in [-0.4, -0.2) is 87.6 Å². The lowest BCUT2D eigenvalue weighted by Crippen LogP contribution is -2.58. The molecule has 0 unspecified atom stereocenters. The second kappa shape index (κ2) is 9.39. The van der Waals surface area contributed by atoms with Crippen molar-refractivity contribution in [2.75, 3.05) is 43.9 Å². The molecule has 0 atom stereocenters. The van der Waals surface area contributed by atoms with Crippen LogP contribution in [0.4, 0.5) is 10.6 Å². The lowest BCUT2D eigenvalue weighted by molar-refractivity contribution is -0.122. The van der Waals surface area contributed by atoms with Gasteiger partial charge in [0.25, 0.3) is 11.8 Å². The average molecular weight is 538 g/mol. The summed E-state index contributed by atoms with van der Waals surface area (Å²) in [5.41, 5.74) is 1.45. The lowest BCUT2D eigenvalue weighted by Gasteiger charge is -2.35. The van der Waals surface area contributed by atoms with Crippen molar-refractivity contribution in [3.8, 4) is 0 Å². The Bertz CT molecular complexity index is 1450. The van der Waals surface area contributed by atoms with Gasteiger partial charge in [-0.25, -0.2) is 19.8 Å². The average Bonchev–Trinajstić information content (AvgIpc) is 3.47. The number of benzene rings is 1. The van der Waals surface area contributed by atoms with E-state index < -0.39 is 23.8 Å². The molecule has 0 spiro atoms. The summed E-state index contributed by atoms with van der Waals surface area (Å²) in [6, 6.07) is 6.54. The molecule has 2 aromatic heterocycles. The highest BCUT2D eigenvalue weighted by Gasteiger charge is 2.43. The molecule has 3 aliphatic heterocycles. The Morgan fingerprint density at radius 1 is 0.973 bits per heavy atom. The SMILES string of the molecule is CSc1nc(N2CCN(Cc3ccc4c(c3)C(=O)N(N3CCC(=O)NC3=O)C4=O)CC2)c2ccsc2n1. The van der Waals surface area contributed by atoms with Gasteiger partial charge in [0.2, 0.25) is 5.91 Å². The molecule has 6 rings (SSSR count). The maximum Gasteiger partial charge on any atom is 0.343 e. The number of nitrogens with one attached hydrogen (secondary N) is 1. The van der Waals surface area contributed by atoms with Gasteiger partial charge >= 0.3 is 6.03 Å². The van der Waals surface area contributed by atoms with E-state index in [4.69, 9.17) is 4.98 Å². The first-order valence-electron chi connectivity index (χ1n) is 11.8. The Balaban J connectivity index is 1.14. The highest BCUT2D eigenvalue weighted by molar-refractivity contribution is 7.98. The van der Waals surface area contributed by atoms with Crippen LogP contribution in [0.5, 0.6) is 0 Å². The topological polar surface area (TPSA) is 119 Å². The van der Waals surface area contributed by atoms with E-state index in [1.54, 1.807) is 23.5 Å². The van der Waals surface area contributed by atoms with Crippen molar-refractivity contribution in [3.63, 3.8) is 0 Å². The van der Waals surface area contributed by atoms with Crippen molar-refractivity contribution in [3.05, 3.63) is 46.3 Å². The summed E-state index contributed by atoms with van der Waals surface area (Å²) in [7, 11) is 0. The minimum atomic E-state index is -0.767. The van der Waals surface area contributed by atoms with Gasteiger partial charge in [-0.15, -0.1) is 11.3 Å². The molecule has 37 heavy (non-hydrogen) atoms. The van der Waals surface area contributed by atoms with Crippen LogP contribution >= 0.6 is 23.1 Å². The quantitative estimate of drug-likeness (QED) is 0.297. The third-order valence-corrected chi connectivity index (χ3v) is 8.10. The molecule has 11 nitrogen and oxygen atoms in total. The number of thiophene rings is 1. The summed E-state index contributed by atoms with van der Waals surface area (Å²) in [5, 5.41) is 7.89. The Morgan fingerprint density at radius 3 is 2.51 bits per heavy atom. The minimum Gasteiger partial charge on any atom is -0.353 e. The predicted octanol–water partition coefficient (Wildman–Crippen LogP) is 2.19. The fourth-order valence-corrected chi connectivity index (χ4v) is 6.04. The lowest BCUT2D eigenvalue weighted by atomic mass is 10.1. The smallest absolute Gasteiger partial charge is 0.343 e. The van der Waals surface area contributed by atoms with Crippen molar-refractivity contribution in [2.24, 2.45) is 0 Å². The van der Waals surface area contributed by atoms with E-state index in [-0.39, 0.29) is 24.1 Å². The number of fused-ring (bicyclic) bond motifs is 2. The van der Waals surface area contributed by atoms with Crippen molar-refractivity contribution < 1.29 is 19.2 Å². The number of carbonyl (C=O) groups excluding carboxylic acids is 4. The van der Waals surface area contributed by atoms with Crippen LogP contribution in [-0.2, 0) is 11.3 Å². The molecule has 2 fully saturated rings. The Labute approximate surface area is 220 Å². The van der Waals surface area contributed by atoms with Gasteiger partial charge in [-0.1, -0.05) is 17.8 Å². The largest absolute Gasteiger partial charge is 0.353 e. The molecule has 5 amide bonds. The third-order valence-electron chi connectivity index (χ3n) is 6.75. The maximum atomic E-state index is 13.1. The molecular formula is C24H23N7O4S2. The van der Waals surface area contributed by atoms with Crippen LogP contribution in [0, 0.1) is 0 Å². The molecule has 0 aliphatic carbocycles. The second-order valence-corrected chi connectivity index (χ2v) is 10.6. The summed E-state index contributed by atoms with van der Waals surface area (Å²) in [6.45, 7) is 3.89. The van der Waals surface area contributed by atoms with Gasteiger partial charge in [0, 0.05) is 39.1 Å². The standard InChI is InChI=1S/C24H23N7O4S2/c1-36-23-26-19(16-5-11-37-20(16)27-23)29-9-7-28(8-10-29)13-14-2-3-15-17(12-14)22(34)31(21(15)33)30-6-4-18(32)25-24(30)35/h2-3,5,11-12H,4,6-10,13H2,1H3,(H,25,32,35). The highest BCUT2D eigenvalue weighted by atomic mass is 32.2. The normalized spacial score (nSPS) is 18.7. The van der Waals surface area contributed by atoms with Crippen LogP contribution in [0.1, 0.15) is 32.7 Å². The molecule has 5 heterocycles. The van der Waals surface area contributed by atoms with Crippen LogP contribution in [0.25, 0.3) is 10.2 Å². The molecule has 3 aromatic rings. The van der Waals surface area contributed by atoms with Gasteiger partial charge in [-0.3, -0.25) is 24.6 Å². The summed E-state index contributed by atoms with van der Waals surface area (Å²) in [6.07, 6.45) is 2.01. The van der Waals surface area contributed by atoms with Gasteiger partial charge in [-0.2, -0.15) is 5.01 Å². The molecule has 13 heteroatoms. The molecular weight excluding hydrogens is 514 g/mol. The number of hydrogen-bond donors (Lipinski definition) is 1. The van der Waals surface area contributed by atoms with Gasteiger partial charge in [0.1, 0.15) is 10.6 Å². The molecule has 3 aliphatic rings. The van der Waals surface area contributed by atoms with Crippen LogP contribution in [0.2, 0.25) is 0 Å². The van der Waals surface area contributed by atoms with Crippen molar-refractivity contribution >= 4 is 62.9 Å². The van der Waals surface area contributed by atoms with Crippen molar-refractivity contribution in [1.29, 1.82) is 0 Å². The number of anilines is 1. The van der Waals surface area contributed by atoms with E-state index in [9.17, 15) is 19.2 Å². The Hall–Kier alpha value is -3.55. The van der Waals surface area contributed by atoms with E-state index in [1.165, 1.54) is 11.8 Å². The number of amides is 5. The first-order chi connectivity index (χ1) is 17.9. The van der Waals surface area contributed by atoms with Crippen LogP contribution < -0.4 is 10.2 Å². The van der Waals surface area contributed by atoms with E-state index in [0.29, 0.717) is 6.54 Å². The summed E-state index contributed by atoms with van der Waals surface area (Å²) in [4.78, 5) is 64.6. The zero-order valence-corrected chi connectivity index (χ0v) is 21.6. The first kappa shape index (κ1) is 23.8. The van der Waals surface area contributed by atoms with E-state index in [1.807, 2.05) is 17.7 Å². The molecule has 0 radical (unpaired) electrons. The van der Waals surface area contributed by atoms with Gasteiger partial charge in [0.15, 0.2) is 5.16 Å². The number of urea groups is 1. The van der Waals surface area contributed by atoms with E-state index in [2.05, 4.69) is 26.2 Å². The number of hydrazine groups is 1. The Morgan fingerprint density at radius 2 is 1.76 bits per heavy atom.